The fourth-order valence-corrected chi connectivity index (χ4v) is 1.24. The van der Waals surface area contributed by atoms with Crippen molar-refractivity contribution in [3.8, 4) is 0 Å². The highest BCUT2D eigenvalue weighted by Crippen LogP contribution is 2.17. The molecule has 1 aromatic heterocycles. The average molecular weight is 162 g/mol. The minimum absolute atomic E-state index is 0.710. The lowest BCUT2D eigenvalue weighted by Crippen LogP contribution is -2.06. The van der Waals surface area contributed by atoms with Crippen molar-refractivity contribution in [2.24, 2.45) is 0 Å². The summed E-state index contributed by atoms with van der Waals surface area (Å²) in [6.45, 7) is 0. The number of aromatic nitrogens is 2. The number of nitrogen functional groups attached to an aromatic ring is 1. The van der Waals surface area contributed by atoms with Gasteiger partial charge in [0.2, 0.25) is 0 Å². The van der Waals surface area contributed by atoms with E-state index >= 15 is 0 Å². The zero-order valence-electron chi connectivity index (χ0n) is 6.78. The molecule has 0 amide bonds. The van der Waals surface area contributed by atoms with Crippen LogP contribution in [0.3, 0.4) is 0 Å². The number of imidazole rings is 1. The molecule has 0 aliphatic heterocycles. The Hall–Kier alpha value is -1.71. The summed E-state index contributed by atoms with van der Waals surface area (Å²) < 4.78 is 1.83. The van der Waals surface area contributed by atoms with Crippen molar-refractivity contribution in [3.63, 3.8) is 0 Å². The average Bonchev–Trinajstić information content (AvgIpc) is 2.49. The van der Waals surface area contributed by atoms with Crippen LogP contribution in [0.2, 0.25) is 0 Å². The van der Waals surface area contributed by atoms with Crippen molar-refractivity contribution in [2.45, 2.75) is 0 Å². The molecule has 0 aliphatic rings. The predicted octanol–water partition coefficient (Wildman–Crippen LogP) is 0.792. The van der Waals surface area contributed by atoms with Gasteiger partial charge < -0.3 is 11.2 Å². The van der Waals surface area contributed by atoms with Crippen LogP contribution >= 0.6 is 0 Å². The molecule has 4 nitrogen and oxygen atoms in total. The topological polar surface area (TPSA) is 55.9 Å². The molecule has 0 bridgehead atoms. The predicted molar refractivity (Wildman–Crippen MR) is 49.4 cm³/mol. The fraction of sp³-hybridized carbons (Fsp3) is 0.125. The van der Waals surface area contributed by atoms with Crippen LogP contribution in [-0.2, 0) is 0 Å². The van der Waals surface area contributed by atoms with E-state index in [-0.39, 0.29) is 0 Å². The number of hydrogen-bond acceptors (Lipinski definition) is 3. The van der Waals surface area contributed by atoms with Gasteiger partial charge in [0, 0.05) is 7.05 Å². The van der Waals surface area contributed by atoms with Crippen molar-refractivity contribution in [3.05, 3.63) is 24.5 Å². The summed E-state index contributed by atoms with van der Waals surface area (Å²) in [5, 5.41) is 0. The lowest BCUT2D eigenvalue weighted by Gasteiger charge is -2.00. The molecule has 0 spiro atoms. The monoisotopic (exact) mass is 162 g/mol. The molecule has 1 aromatic carbocycles. The fourth-order valence-electron chi connectivity index (χ4n) is 1.24. The van der Waals surface area contributed by atoms with E-state index in [1.165, 1.54) is 0 Å². The first-order valence-corrected chi connectivity index (χ1v) is 3.72. The van der Waals surface area contributed by atoms with Gasteiger partial charge in [0.15, 0.2) is 0 Å². The van der Waals surface area contributed by atoms with Gasteiger partial charge in [0.1, 0.15) is 11.8 Å². The van der Waals surface area contributed by atoms with Crippen LogP contribution in [0.4, 0.5) is 5.69 Å². The third kappa shape index (κ3) is 0.812. The Kier molecular flexibility index (Phi) is 1.40. The summed E-state index contributed by atoms with van der Waals surface area (Å²) in [7, 11) is 1.84. The summed E-state index contributed by atoms with van der Waals surface area (Å²) in [6, 6.07) is 5.72. The minimum Gasteiger partial charge on any atom is -0.397 e. The zero-order valence-corrected chi connectivity index (χ0v) is 6.78. The van der Waals surface area contributed by atoms with Gasteiger partial charge in [-0.25, -0.2) is 9.66 Å². The Labute approximate surface area is 70.0 Å². The molecule has 0 aliphatic carbocycles. The van der Waals surface area contributed by atoms with Gasteiger partial charge in [-0.05, 0) is 12.1 Å². The number of anilines is 1. The molecule has 0 atom stereocenters. The third-order valence-electron chi connectivity index (χ3n) is 1.85. The SMILES string of the molecule is CNn1cnc2c(N)cccc21. The van der Waals surface area contributed by atoms with Crippen molar-refractivity contribution in [1.82, 2.24) is 9.66 Å². The van der Waals surface area contributed by atoms with E-state index in [1.54, 1.807) is 6.33 Å². The summed E-state index contributed by atoms with van der Waals surface area (Å²) >= 11 is 0. The van der Waals surface area contributed by atoms with Crippen LogP contribution in [0.25, 0.3) is 11.0 Å². The van der Waals surface area contributed by atoms with Gasteiger partial charge >= 0.3 is 0 Å². The van der Waals surface area contributed by atoms with Gasteiger partial charge in [-0.2, -0.15) is 0 Å². The molecule has 0 fully saturated rings. The summed E-state index contributed by atoms with van der Waals surface area (Å²) in [6.07, 6.45) is 1.71. The lowest BCUT2D eigenvalue weighted by molar-refractivity contribution is 0.956. The molecule has 2 rings (SSSR count). The highest BCUT2D eigenvalue weighted by atomic mass is 15.4. The van der Waals surface area contributed by atoms with E-state index in [0.29, 0.717) is 5.69 Å². The second-order valence-electron chi connectivity index (χ2n) is 2.55. The largest absolute Gasteiger partial charge is 0.397 e. The van der Waals surface area contributed by atoms with Crippen molar-refractivity contribution in [2.75, 3.05) is 18.2 Å². The second kappa shape index (κ2) is 2.41. The molecular weight excluding hydrogens is 152 g/mol. The summed E-state index contributed by atoms with van der Waals surface area (Å²) in [5.41, 5.74) is 11.2. The van der Waals surface area contributed by atoms with Crippen LogP contribution in [-0.4, -0.2) is 16.7 Å². The van der Waals surface area contributed by atoms with Crippen LogP contribution < -0.4 is 11.2 Å². The van der Waals surface area contributed by atoms with Gasteiger partial charge in [0.25, 0.3) is 0 Å². The first-order chi connectivity index (χ1) is 5.83. The lowest BCUT2D eigenvalue weighted by atomic mass is 10.3. The van der Waals surface area contributed by atoms with E-state index in [0.717, 1.165) is 11.0 Å². The first kappa shape index (κ1) is 6.97. The first-order valence-electron chi connectivity index (χ1n) is 3.72. The standard InChI is InChI=1S/C8H10N4/c1-10-12-5-11-8-6(9)3-2-4-7(8)12/h2-5,10H,9H2,1H3. The van der Waals surface area contributed by atoms with Crippen LogP contribution in [0.1, 0.15) is 0 Å². The van der Waals surface area contributed by atoms with Gasteiger partial charge in [0.05, 0.1) is 11.2 Å². The number of nitrogens with two attached hydrogens (primary N) is 1. The quantitative estimate of drug-likeness (QED) is 0.609. The maximum atomic E-state index is 5.72. The van der Waals surface area contributed by atoms with Crippen molar-refractivity contribution in [1.29, 1.82) is 0 Å². The molecule has 4 heteroatoms. The number of para-hydroxylation sites is 1. The summed E-state index contributed by atoms with van der Waals surface area (Å²) in [5.74, 6) is 0. The third-order valence-corrected chi connectivity index (χ3v) is 1.85. The molecule has 3 N–H and O–H groups in total. The Morgan fingerprint density at radius 3 is 3.08 bits per heavy atom. The maximum absolute atomic E-state index is 5.72. The molecule has 0 saturated carbocycles. The van der Waals surface area contributed by atoms with Crippen LogP contribution in [0, 0.1) is 0 Å². The molecule has 62 valence electrons. The molecule has 2 aromatic rings. The van der Waals surface area contributed by atoms with E-state index in [2.05, 4.69) is 10.4 Å². The van der Waals surface area contributed by atoms with E-state index < -0.39 is 0 Å². The molecule has 0 radical (unpaired) electrons. The minimum atomic E-state index is 0.710. The zero-order chi connectivity index (χ0) is 8.55. The van der Waals surface area contributed by atoms with Gasteiger partial charge in [-0.15, -0.1) is 0 Å². The Morgan fingerprint density at radius 2 is 2.33 bits per heavy atom. The Morgan fingerprint density at radius 1 is 1.50 bits per heavy atom. The van der Waals surface area contributed by atoms with E-state index in [9.17, 15) is 0 Å². The number of nitrogens with zero attached hydrogens (tertiary/aromatic N) is 2. The summed E-state index contributed by atoms with van der Waals surface area (Å²) in [4.78, 5) is 4.16. The molecule has 0 unspecified atom stereocenters. The molecular formula is C8H10N4. The van der Waals surface area contributed by atoms with Crippen molar-refractivity contribution < 1.29 is 0 Å². The van der Waals surface area contributed by atoms with Gasteiger partial charge in [-0.1, -0.05) is 6.07 Å². The highest BCUT2D eigenvalue weighted by molar-refractivity contribution is 5.87. The maximum Gasteiger partial charge on any atom is 0.115 e. The molecule has 0 saturated heterocycles. The van der Waals surface area contributed by atoms with Crippen LogP contribution in [0.5, 0.6) is 0 Å². The smallest absolute Gasteiger partial charge is 0.115 e. The Balaban J connectivity index is 2.80. The number of rotatable bonds is 1. The number of nitrogens with one attached hydrogen (secondary N) is 1. The van der Waals surface area contributed by atoms with Gasteiger partial charge in [-0.3, -0.25) is 0 Å². The van der Waals surface area contributed by atoms with Crippen molar-refractivity contribution >= 4 is 16.7 Å². The molecule has 1 heterocycles. The number of benzene rings is 1. The highest BCUT2D eigenvalue weighted by Gasteiger charge is 2.02. The van der Waals surface area contributed by atoms with E-state index in [4.69, 9.17) is 5.73 Å². The molecule has 12 heavy (non-hydrogen) atoms. The number of fused-ring (bicyclic) bond motifs is 1. The normalized spacial score (nSPS) is 10.4. The number of hydrogen-bond donors (Lipinski definition) is 2. The van der Waals surface area contributed by atoms with Crippen LogP contribution in [0.15, 0.2) is 24.5 Å². The Bertz CT molecular complexity index is 404. The van der Waals surface area contributed by atoms with E-state index in [1.807, 2.05) is 29.9 Å². The second-order valence-corrected chi connectivity index (χ2v) is 2.55.